The van der Waals surface area contributed by atoms with Gasteiger partial charge in [-0.25, -0.2) is 0 Å². The molecule has 0 atom stereocenters. The first kappa shape index (κ1) is 11.2. The topological polar surface area (TPSA) is 55.1 Å². The largest absolute Gasteiger partial charge is 0.398 e. The Kier molecular flexibility index (Phi) is 3.10. The monoisotopic (exact) mass is 226 g/mol. The number of amides is 1. The van der Waals surface area contributed by atoms with E-state index in [1.165, 1.54) is 6.92 Å². The molecule has 3 nitrogen and oxygen atoms in total. The van der Waals surface area contributed by atoms with E-state index in [-0.39, 0.29) is 5.91 Å². The van der Waals surface area contributed by atoms with Gasteiger partial charge < -0.3 is 11.1 Å². The molecule has 2 aromatic rings. The van der Waals surface area contributed by atoms with Gasteiger partial charge in [0.2, 0.25) is 5.91 Å². The molecule has 0 aliphatic heterocycles. The van der Waals surface area contributed by atoms with Gasteiger partial charge in [0.1, 0.15) is 0 Å². The number of benzene rings is 2. The second-order valence-corrected chi connectivity index (χ2v) is 3.81. The maximum absolute atomic E-state index is 11.1. The van der Waals surface area contributed by atoms with Crippen molar-refractivity contribution >= 4 is 17.3 Å². The van der Waals surface area contributed by atoms with Gasteiger partial charge in [0.25, 0.3) is 0 Å². The minimum absolute atomic E-state index is 0.0908. The molecule has 0 spiro atoms. The first-order chi connectivity index (χ1) is 8.18. The molecule has 2 rings (SSSR count). The summed E-state index contributed by atoms with van der Waals surface area (Å²) in [6.07, 6.45) is 0. The van der Waals surface area contributed by atoms with E-state index in [0.29, 0.717) is 5.69 Å². The Balaban J connectivity index is 2.52. The van der Waals surface area contributed by atoms with Crippen molar-refractivity contribution in [3.63, 3.8) is 0 Å². The van der Waals surface area contributed by atoms with Crippen LogP contribution < -0.4 is 11.1 Å². The van der Waals surface area contributed by atoms with Crippen molar-refractivity contribution < 1.29 is 4.79 Å². The third-order valence-electron chi connectivity index (χ3n) is 2.49. The van der Waals surface area contributed by atoms with E-state index in [4.69, 9.17) is 5.73 Å². The zero-order chi connectivity index (χ0) is 12.3. The molecule has 0 radical (unpaired) electrons. The smallest absolute Gasteiger partial charge is 0.221 e. The van der Waals surface area contributed by atoms with Crippen molar-refractivity contribution in [2.45, 2.75) is 6.92 Å². The van der Waals surface area contributed by atoms with Crippen molar-refractivity contribution in [3.05, 3.63) is 48.5 Å². The van der Waals surface area contributed by atoms with Crippen LogP contribution in [0.1, 0.15) is 6.92 Å². The van der Waals surface area contributed by atoms with Gasteiger partial charge >= 0.3 is 0 Å². The fraction of sp³-hybridized carbons (Fsp3) is 0.0714. The van der Waals surface area contributed by atoms with Gasteiger partial charge in [0.05, 0.1) is 0 Å². The number of carbonyl (C=O) groups excluding carboxylic acids is 1. The molecule has 3 N–H and O–H groups in total. The molecule has 17 heavy (non-hydrogen) atoms. The minimum atomic E-state index is -0.0908. The molecule has 86 valence electrons. The summed E-state index contributed by atoms with van der Waals surface area (Å²) in [5, 5.41) is 2.80. The van der Waals surface area contributed by atoms with Gasteiger partial charge in [0.15, 0.2) is 0 Å². The molecule has 0 fully saturated rings. The predicted molar refractivity (Wildman–Crippen MR) is 70.6 cm³/mol. The summed E-state index contributed by atoms with van der Waals surface area (Å²) in [6, 6.07) is 15.2. The SMILES string of the molecule is CC(=O)Nc1ccccc1-c1ccccc1N. The van der Waals surface area contributed by atoms with Crippen LogP contribution in [0.2, 0.25) is 0 Å². The molecule has 0 aromatic heterocycles. The highest BCUT2D eigenvalue weighted by Gasteiger charge is 2.07. The minimum Gasteiger partial charge on any atom is -0.398 e. The number of hydrogen-bond acceptors (Lipinski definition) is 2. The summed E-state index contributed by atoms with van der Waals surface area (Å²) < 4.78 is 0. The van der Waals surface area contributed by atoms with E-state index in [1.54, 1.807) is 0 Å². The fourth-order valence-corrected chi connectivity index (χ4v) is 1.76. The van der Waals surface area contributed by atoms with Crippen LogP contribution in [-0.4, -0.2) is 5.91 Å². The Labute approximate surface area is 100 Å². The third-order valence-corrected chi connectivity index (χ3v) is 2.49. The average Bonchev–Trinajstić information content (AvgIpc) is 2.30. The van der Waals surface area contributed by atoms with Gasteiger partial charge in [-0.05, 0) is 12.1 Å². The summed E-state index contributed by atoms with van der Waals surface area (Å²) in [4.78, 5) is 11.1. The van der Waals surface area contributed by atoms with Gasteiger partial charge in [-0.15, -0.1) is 0 Å². The number of para-hydroxylation sites is 2. The average molecular weight is 226 g/mol. The van der Waals surface area contributed by atoms with Crippen molar-refractivity contribution in [1.82, 2.24) is 0 Å². The number of nitrogens with one attached hydrogen (secondary N) is 1. The Hall–Kier alpha value is -2.29. The van der Waals surface area contributed by atoms with Crippen LogP contribution in [0.3, 0.4) is 0 Å². The Morgan fingerprint density at radius 2 is 1.59 bits per heavy atom. The van der Waals surface area contributed by atoms with E-state index in [9.17, 15) is 4.79 Å². The van der Waals surface area contributed by atoms with Gasteiger partial charge in [0, 0.05) is 29.4 Å². The van der Waals surface area contributed by atoms with Crippen molar-refractivity contribution in [2.75, 3.05) is 11.1 Å². The Morgan fingerprint density at radius 3 is 2.24 bits per heavy atom. The van der Waals surface area contributed by atoms with Gasteiger partial charge in [-0.1, -0.05) is 36.4 Å². The lowest BCUT2D eigenvalue weighted by Crippen LogP contribution is -2.07. The Morgan fingerprint density at radius 1 is 1.00 bits per heavy atom. The van der Waals surface area contributed by atoms with Crippen LogP contribution in [0.25, 0.3) is 11.1 Å². The van der Waals surface area contributed by atoms with Crippen LogP contribution in [0, 0.1) is 0 Å². The summed E-state index contributed by atoms with van der Waals surface area (Å²) in [5.41, 5.74) is 9.27. The van der Waals surface area contributed by atoms with Gasteiger partial charge in [-0.2, -0.15) is 0 Å². The lowest BCUT2D eigenvalue weighted by Gasteiger charge is -2.11. The molecular weight excluding hydrogens is 212 g/mol. The van der Waals surface area contributed by atoms with Crippen molar-refractivity contribution in [2.24, 2.45) is 0 Å². The molecule has 0 saturated heterocycles. The van der Waals surface area contributed by atoms with E-state index < -0.39 is 0 Å². The normalized spacial score (nSPS) is 9.94. The highest BCUT2D eigenvalue weighted by atomic mass is 16.1. The molecule has 0 unspecified atom stereocenters. The van der Waals surface area contributed by atoms with E-state index in [2.05, 4.69) is 5.32 Å². The lowest BCUT2D eigenvalue weighted by molar-refractivity contribution is -0.114. The van der Waals surface area contributed by atoms with Crippen LogP contribution in [0.5, 0.6) is 0 Å². The summed E-state index contributed by atoms with van der Waals surface area (Å²) in [6.45, 7) is 1.49. The second-order valence-electron chi connectivity index (χ2n) is 3.81. The van der Waals surface area contributed by atoms with Crippen LogP contribution in [0.4, 0.5) is 11.4 Å². The number of carbonyl (C=O) groups is 1. The molecule has 3 heteroatoms. The molecule has 1 amide bonds. The summed E-state index contributed by atoms with van der Waals surface area (Å²) in [7, 11) is 0. The molecule has 0 aliphatic carbocycles. The number of rotatable bonds is 2. The summed E-state index contributed by atoms with van der Waals surface area (Å²) >= 11 is 0. The zero-order valence-corrected chi connectivity index (χ0v) is 9.60. The zero-order valence-electron chi connectivity index (χ0n) is 9.60. The van der Waals surface area contributed by atoms with Crippen LogP contribution >= 0.6 is 0 Å². The first-order valence-corrected chi connectivity index (χ1v) is 5.40. The van der Waals surface area contributed by atoms with Crippen molar-refractivity contribution in [3.8, 4) is 11.1 Å². The second kappa shape index (κ2) is 4.70. The molecular formula is C14H14N2O. The molecule has 0 bridgehead atoms. The maximum Gasteiger partial charge on any atom is 0.221 e. The molecule has 0 saturated carbocycles. The van der Waals surface area contributed by atoms with E-state index in [0.717, 1.165) is 16.8 Å². The number of anilines is 2. The number of nitrogen functional groups attached to an aromatic ring is 1. The fourth-order valence-electron chi connectivity index (χ4n) is 1.76. The number of hydrogen-bond donors (Lipinski definition) is 2. The maximum atomic E-state index is 11.1. The number of nitrogens with two attached hydrogens (primary N) is 1. The predicted octanol–water partition coefficient (Wildman–Crippen LogP) is 2.89. The summed E-state index contributed by atoms with van der Waals surface area (Å²) in [5.74, 6) is -0.0908. The van der Waals surface area contributed by atoms with Crippen LogP contribution in [-0.2, 0) is 4.79 Å². The van der Waals surface area contributed by atoms with Gasteiger partial charge in [-0.3, -0.25) is 4.79 Å². The highest BCUT2D eigenvalue weighted by molar-refractivity contribution is 5.95. The molecule has 2 aromatic carbocycles. The highest BCUT2D eigenvalue weighted by Crippen LogP contribution is 2.31. The van der Waals surface area contributed by atoms with Crippen LogP contribution in [0.15, 0.2) is 48.5 Å². The molecule has 0 heterocycles. The standard InChI is InChI=1S/C14H14N2O/c1-10(17)16-14-9-5-3-7-12(14)11-6-2-4-8-13(11)15/h2-9H,15H2,1H3,(H,16,17). The molecule has 0 aliphatic rings. The van der Waals surface area contributed by atoms with E-state index in [1.807, 2.05) is 48.5 Å². The lowest BCUT2D eigenvalue weighted by atomic mass is 10.0. The first-order valence-electron chi connectivity index (χ1n) is 5.40. The Bertz CT molecular complexity index is 549. The van der Waals surface area contributed by atoms with Crippen molar-refractivity contribution in [1.29, 1.82) is 0 Å². The van der Waals surface area contributed by atoms with E-state index >= 15 is 0 Å². The third kappa shape index (κ3) is 2.45. The quantitative estimate of drug-likeness (QED) is 0.773.